The van der Waals surface area contributed by atoms with Crippen LogP contribution in [-0.2, 0) is 14.3 Å². The number of ether oxygens (including phenoxy) is 2. The van der Waals surface area contributed by atoms with E-state index < -0.39 is 35.1 Å². The van der Waals surface area contributed by atoms with Crippen molar-refractivity contribution in [2.75, 3.05) is 17.2 Å². The molecule has 2 amide bonds. The van der Waals surface area contributed by atoms with Crippen molar-refractivity contribution in [3.05, 3.63) is 63.7 Å². The van der Waals surface area contributed by atoms with Crippen LogP contribution in [0.1, 0.15) is 36.7 Å². The van der Waals surface area contributed by atoms with Crippen molar-refractivity contribution in [2.45, 2.75) is 33.3 Å². The highest BCUT2D eigenvalue weighted by molar-refractivity contribution is 5.97. The third kappa shape index (κ3) is 7.42. The first kappa shape index (κ1) is 23.3. The fourth-order valence-electron chi connectivity index (χ4n) is 2.45. The van der Waals surface area contributed by atoms with E-state index in [4.69, 9.17) is 9.47 Å². The zero-order valence-corrected chi connectivity index (χ0v) is 17.6. The number of hydrogen-bond acceptors (Lipinski definition) is 7. The number of hydrogen-bond donors (Lipinski definition) is 2. The molecular formula is C21H23N3O7. The highest BCUT2D eigenvalue weighted by atomic mass is 16.6. The molecule has 0 aliphatic rings. The van der Waals surface area contributed by atoms with Gasteiger partial charge in [0.05, 0.1) is 10.5 Å². The van der Waals surface area contributed by atoms with Crippen LogP contribution >= 0.6 is 0 Å². The fourth-order valence-corrected chi connectivity index (χ4v) is 2.45. The summed E-state index contributed by atoms with van der Waals surface area (Å²) in [4.78, 5) is 46.4. The Morgan fingerprint density at radius 1 is 1.06 bits per heavy atom. The fraction of sp³-hybridized carbons (Fsp3) is 0.286. The van der Waals surface area contributed by atoms with Crippen LogP contribution in [0.5, 0.6) is 0 Å². The molecule has 10 nitrogen and oxygen atoms in total. The Labute approximate surface area is 178 Å². The Bertz CT molecular complexity index is 1010. The predicted octanol–water partition coefficient (Wildman–Crippen LogP) is 4.05. The summed E-state index contributed by atoms with van der Waals surface area (Å²) in [7, 11) is 0. The van der Waals surface area contributed by atoms with Gasteiger partial charge >= 0.3 is 12.1 Å². The van der Waals surface area contributed by atoms with Crippen molar-refractivity contribution in [2.24, 2.45) is 0 Å². The maximum atomic E-state index is 12.2. The number of anilines is 2. The summed E-state index contributed by atoms with van der Waals surface area (Å²) in [5.41, 5.74) is 0.560. The summed E-state index contributed by atoms with van der Waals surface area (Å²) in [6.45, 7) is 6.23. The minimum absolute atomic E-state index is 0.0956. The van der Waals surface area contributed by atoms with E-state index in [9.17, 15) is 24.5 Å². The van der Waals surface area contributed by atoms with E-state index in [-0.39, 0.29) is 11.3 Å². The molecule has 0 atom stereocenters. The molecule has 0 aromatic heterocycles. The molecule has 2 N–H and O–H groups in total. The van der Waals surface area contributed by atoms with Gasteiger partial charge in [-0.25, -0.2) is 9.59 Å². The van der Waals surface area contributed by atoms with Crippen LogP contribution < -0.4 is 10.6 Å². The van der Waals surface area contributed by atoms with Gasteiger partial charge in [-0.2, -0.15) is 0 Å². The molecule has 10 heteroatoms. The molecule has 0 saturated carbocycles. The number of amides is 2. The number of nitrogens with one attached hydrogen (secondary N) is 2. The lowest BCUT2D eigenvalue weighted by molar-refractivity contribution is -0.384. The number of nitro groups is 1. The summed E-state index contributed by atoms with van der Waals surface area (Å²) in [6.07, 6.45) is -0.670. The number of rotatable bonds is 6. The Hall–Kier alpha value is -3.95. The topological polar surface area (TPSA) is 137 Å². The smallest absolute Gasteiger partial charge is 0.412 e. The lowest BCUT2D eigenvalue weighted by atomic mass is 10.2. The quantitative estimate of drug-likeness (QED) is 0.401. The Morgan fingerprint density at radius 2 is 1.77 bits per heavy atom. The van der Waals surface area contributed by atoms with Crippen molar-refractivity contribution in [1.82, 2.24) is 0 Å². The summed E-state index contributed by atoms with van der Waals surface area (Å²) in [5.74, 6) is -1.36. The molecule has 0 aliphatic heterocycles. The molecule has 0 saturated heterocycles. The highest BCUT2D eigenvalue weighted by Crippen LogP contribution is 2.21. The lowest BCUT2D eigenvalue weighted by Crippen LogP contribution is -2.27. The van der Waals surface area contributed by atoms with E-state index in [0.717, 1.165) is 0 Å². The maximum absolute atomic E-state index is 12.2. The van der Waals surface area contributed by atoms with E-state index in [2.05, 4.69) is 10.6 Å². The first-order valence-corrected chi connectivity index (χ1v) is 9.27. The Kier molecular flexibility index (Phi) is 7.30. The zero-order valence-electron chi connectivity index (χ0n) is 17.6. The third-order valence-corrected chi connectivity index (χ3v) is 3.77. The van der Waals surface area contributed by atoms with E-state index in [1.54, 1.807) is 39.8 Å². The minimum atomic E-state index is -0.761. The maximum Gasteiger partial charge on any atom is 0.412 e. The van der Waals surface area contributed by atoms with Gasteiger partial charge in [-0.05, 0) is 57.5 Å². The third-order valence-electron chi connectivity index (χ3n) is 3.77. The predicted molar refractivity (Wildman–Crippen MR) is 113 cm³/mol. The van der Waals surface area contributed by atoms with Gasteiger partial charge in [0.25, 0.3) is 11.6 Å². The number of benzene rings is 2. The van der Waals surface area contributed by atoms with E-state index in [1.165, 1.54) is 30.3 Å². The van der Waals surface area contributed by atoms with Gasteiger partial charge in [-0.3, -0.25) is 20.2 Å². The van der Waals surface area contributed by atoms with Crippen LogP contribution in [-0.4, -0.2) is 35.1 Å². The number of esters is 1. The summed E-state index contributed by atoms with van der Waals surface area (Å²) in [6, 6.07) is 9.97. The monoisotopic (exact) mass is 429 g/mol. The largest absolute Gasteiger partial charge is 0.452 e. The Balaban J connectivity index is 1.93. The van der Waals surface area contributed by atoms with E-state index in [1.807, 2.05) is 0 Å². The molecule has 0 heterocycles. The molecule has 2 rings (SSSR count). The number of carbonyl (C=O) groups is 3. The molecule has 0 radical (unpaired) electrons. The van der Waals surface area contributed by atoms with E-state index >= 15 is 0 Å². The second-order valence-corrected chi connectivity index (χ2v) is 7.59. The molecule has 0 spiro atoms. The van der Waals surface area contributed by atoms with Crippen molar-refractivity contribution in [3.8, 4) is 0 Å². The van der Waals surface area contributed by atoms with Gasteiger partial charge in [0, 0.05) is 23.5 Å². The van der Waals surface area contributed by atoms with Crippen LogP contribution in [0.4, 0.5) is 21.9 Å². The summed E-state index contributed by atoms with van der Waals surface area (Å²) in [5, 5.41) is 15.8. The molecule has 31 heavy (non-hydrogen) atoms. The first-order valence-electron chi connectivity index (χ1n) is 9.27. The molecular weight excluding hydrogens is 406 g/mol. The van der Waals surface area contributed by atoms with Crippen molar-refractivity contribution >= 4 is 35.0 Å². The molecule has 0 fully saturated rings. The second-order valence-electron chi connectivity index (χ2n) is 7.59. The number of nitrogens with zero attached hydrogens (tertiary/aromatic N) is 1. The van der Waals surface area contributed by atoms with Gasteiger partial charge in [0.15, 0.2) is 6.61 Å². The molecule has 0 unspecified atom stereocenters. The standard InChI is InChI=1S/C21H23N3O7/c1-13-10-16(24(28)29)8-9-17(13)23-18(25)12-30-19(26)14-6-5-7-15(11-14)22-20(27)31-21(2,3)4/h5-11H,12H2,1-4H3,(H,22,27)(H,23,25). The molecule has 0 bridgehead atoms. The number of non-ortho nitro benzene ring substituents is 1. The van der Waals surface area contributed by atoms with Crippen LogP contribution in [0.2, 0.25) is 0 Å². The number of carbonyl (C=O) groups excluding carboxylic acids is 3. The Morgan fingerprint density at radius 3 is 2.39 bits per heavy atom. The van der Waals surface area contributed by atoms with Crippen LogP contribution in [0.25, 0.3) is 0 Å². The molecule has 2 aromatic carbocycles. The second kappa shape index (κ2) is 9.70. The number of aryl methyl sites for hydroxylation is 1. The highest BCUT2D eigenvalue weighted by Gasteiger charge is 2.17. The van der Waals surface area contributed by atoms with Crippen LogP contribution in [0.3, 0.4) is 0 Å². The first-order chi connectivity index (χ1) is 14.4. The van der Waals surface area contributed by atoms with Gasteiger partial charge in [0.1, 0.15) is 5.60 Å². The van der Waals surface area contributed by atoms with Gasteiger partial charge in [-0.15, -0.1) is 0 Å². The lowest BCUT2D eigenvalue weighted by Gasteiger charge is -2.19. The number of nitro benzene ring substituents is 1. The molecule has 0 aliphatic carbocycles. The van der Waals surface area contributed by atoms with Crippen molar-refractivity contribution in [3.63, 3.8) is 0 Å². The van der Waals surface area contributed by atoms with Gasteiger partial charge in [0.2, 0.25) is 0 Å². The molecule has 2 aromatic rings. The van der Waals surface area contributed by atoms with Gasteiger partial charge in [-0.1, -0.05) is 6.07 Å². The van der Waals surface area contributed by atoms with Crippen molar-refractivity contribution in [1.29, 1.82) is 0 Å². The van der Waals surface area contributed by atoms with E-state index in [0.29, 0.717) is 16.9 Å². The normalized spacial score (nSPS) is 10.7. The minimum Gasteiger partial charge on any atom is -0.452 e. The van der Waals surface area contributed by atoms with Crippen LogP contribution in [0, 0.1) is 17.0 Å². The van der Waals surface area contributed by atoms with Crippen LogP contribution in [0.15, 0.2) is 42.5 Å². The average Bonchev–Trinajstić information content (AvgIpc) is 2.66. The van der Waals surface area contributed by atoms with Crippen molar-refractivity contribution < 1.29 is 28.8 Å². The SMILES string of the molecule is Cc1cc([N+](=O)[O-])ccc1NC(=O)COC(=O)c1cccc(NC(=O)OC(C)(C)C)c1. The summed E-state index contributed by atoms with van der Waals surface area (Å²) >= 11 is 0. The average molecular weight is 429 g/mol. The van der Waals surface area contributed by atoms with Gasteiger partial charge < -0.3 is 14.8 Å². The molecule has 164 valence electrons. The summed E-state index contributed by atoms with van der Waals surface area (Å²) < 4.78 is 10.2. The zero-order chi connectivity index (χ0) is 23.2.